The summed E-state index contributed by atoms with van der Waals surface area (Å²) in [6, 6.07) is 17.2. The molecule has 6 rings (SSSR count). The molecule has 0 spiro atoms. The van der Waals surface area contributed by atoms with E-state index < -0.39 is 0 Å². The van der Waals surface area contributed by atoms with Crippen molar-refractivity contribution in [3.05, 3.63) is 83.2 Å². The number of benzene rings is 2. The Labute approximate surface area is 183 Å². The molecule has 0 saturated carbocycles. The highest BCUT2D eigenvalue weighted by molar-refractivity contribution is 7.80. The highest BCUT2D eigenvalue weighted by Gasteiger charge is 2.48. The third kappa shape index (κ3) is 2.61. The molecule has 7 nitrogen and oxygen atoms in total. The van der Waals surface area contributed by atoms with E-state index in [1.165, 1.54) is 4.57 Å². The van der Waals surface area contributed by atoms with Crippen molar-refractivity contribution in [1.82, 2.24) is 19.0 Å². The number of nitrogens with zero attached hydrogens (tertiary/aromatic N) is 4. The Bertz CT molecular complexity index is 1390. The lowest BCUT2D eigenvalue weighted by Gasteiger charge is -2.30. The zero-order valence-corrected chi connectivity index (χ0v) is 17.3. The van der Waals surface area contributed by atoms with E-state index in [1.807, 2.05) is 54.6 Å². The molecule has 154 valence electrons. The molecule has 1 fully saturated rings. The number of anilines is 1. The average molecular weight is 430 g/mol. The van der Waals surface area contributed by atoms with E-state index in [1.54, 1.807) is 17.0 Å². The Kier molecular flexibility index (Phi) is 3.91. The van der Waals surface area contributed by atoms with Gasteiger partial charge in [-0.15, -0.1) is 0 Å². The number of hydrogen-bond acceptors (Lipinski definition) is 4. The third-order valence-corrected chi connectivity index (χ3v) is 6.58. The molecule has 8 heteroatoms. The van der Waals surface area contributed by atoms with Crippen molar-refractivity contribution < 1.29 is 5.11 Å². The minimum absolute atomic E-state index is 0.0114. The van der Waals surface area contributed by atoms with E-state index in [0.29, 0.717) is 23.0 Å². The summed E-state index contributed by atoms with van der Waals surface area (Å²) >= 11 is 5.64. The van der Waals surface area contributed by atoms with Crippen LogP contribution >= 0.6 is 12.2 Å². The number of thiocarbonyl (C=S) groups is 1. The van der Waals surface area contributed by atoms with E-state index in [0.717, 1.165) is 22.9 Å². The van der Waals surface area contributed by atoms with Crippen molar-refractivity contribution in [2.24, 2.45) is 0 Å². The molecule has 2 N–H and O–H groups in total. The fourth-order valence-corrected chi connectivity index (χ4v) is 5.24. The number of likely N-dealkylation sites (tertiary alicyclic amines) is 1. The summed E-state index contributed by atoms with van der Waals surface area (Å²) in [7, 11) is 0. The van der Waals surface area contributed by atoms with Crippen molar-refractivity contribution in [1.29, 1.82) is 0 Å². The van der Waals surface area contributed by atoms with Crippen LogP contribution in [0.1, 0.15) is 24.2 Å². The molecular weight excluding hydrogens is 410 g/mol. The van der Waals surface area contributed by atoms with Crippen LogP contribution in [0.5, 0.6) is 5.88 Å². The van der Waals surface area contributed by atoms with Crippen LogP contribution in [0.2, 0.25) is 0 Å². The molecule has 31 heavy (non-hydrogen) atoms. The minimum atomic E-state index is -0.206. The maximum Gasteiger partial charge on any atom is 0.336 e. The van der Waals surface area contributed by atoms with Gasteiger partial charge in [-0.2, -0.15) is 0 Å². The maximum atomic E-state index is 13.4. The van der Waals surface area contributed by atoms with E-state index in [4.69, 9.17) is 12.2 Å². The number of rotatable bonds is 2. The van der Waals surface area contributed by atoms with Gasteiger partial charge in [-0.1, -0.05) is 36.4 Å². The molecule has 0 aliphatic carbocycles. The van der Waals surface area contributed by atoms with Gasteiger partial charge in [0.1, 0.15) is 5.69 Å². The molecule has 2 unspecified atom stereocenters. The van der Waals surface area contributed by atoms with Gasteiger partial charge in [-0.3, -0.25) is 9.55 Å². The van der Waals surface area contributed by atoms with Gasteiger partial charge in [0.2, 0.25) is 5.88 Å². The van der Waals surface area contributed by atoms with Gasteiger partial charge in [0.15, 0.2) is 5.11 Å². The van der Waals surface area contributed by atoms with E-state index in [2.05, 4.69) is 15.2 Å². The Hall–Kier alpha value is -3.65. The monoisotopic (exact) mass is 429 g/mol. The Morgan fingerprint density at radius 1 is 1.13 bits per heavy atom. The minimum Gasteiger partial charge on any atom is -0.493 e. The van der Waals surface area contributed by atoms with Crippen LogP contribution in [0.25, 0.3) is 16.5 Å². The SMILES string of the molecule is O=c1n(-c2cccc3ccccc23)c(O)c2n1C1CC2N(C(=S)Nc2cccnc2)C1. The summed E-state index contributed by atoms with van der Waals surface area (Å²) in [5, 5.41) is 16.9. The van der Waals surface area contributed by atoms with Crippen molar-refractivity contribution in [2.75, 3.05) is 11.9 Å². The molecule has 2 aliphatic heterocycles. The lowest BCUT2D eigenvalue weighted by molar-refractivity contribution is 0.341. The molecule has 1 saturated heterocycles. The molecule has 2 aromatic heterocycles. The van der Waals surface area contributed by atoms with Gasteiger partial charge in [0, 0.05) is 18.1 Å². The van der Waals surface area contributed by atoms with Crippen molar-refractivity contribution >= 4 is 33.8 Å². The fraction of sp³-hybridized carbons (Fsp3) is 0.174. The van der Waals surface area contributed by atoms with Crippen LogP contribution in [-0.4, -0.2) is 35.8 Å². The number of aromatic nitrogens is 3. The summed E-state index contributed by atoms with van der Waals surface area (Å²) in [5.41, 5.74) is 1.92. The van der Waals surface area contributed by atoms with Crippen molar-refractivity contribution in [3.63, 3.8) is 0 Å². The first-order valence-corrected chi connectivity index (χ1v) is 10.6. The molecular formula is C23H19N5O2S. The summed E-state index contributed by atoms with van der Waals surface area (Å²) in [6.07, 6.45) is 4.17. The smallest absolute Gasteiger partial charge is 0.336 e. The van der Waals surface area contributed by atoms with Gasteiger partial charge >= 0.3 is 5.69 Å². The van der Waals surface area contributed by atoms with Crippen LogP contribution in [0.3, 0.4) is 0 Å². The molecule has 0 amide bonds. The number of aromatic hydroxyl groups is 1. The molecule has 4 aromatic rings. The van der Waals surface area contributed by atoms with Gasteiger partial charge in [-0.05, 0) is 42.2 Å². The predicted octanol–water partition coefficient (Wildman–Crippen LogP) is 3.59. The normalized spacial score (nSPS) is 19.0. The molecule has 2 aliphatic rings. The molecule has 2 aromatic carbocycles. The molecule has 4 heterocycles. The van der Waals surface area contributed by atoms with Crippen LogP contribution in [-0.2, 0) is 0 Å². The molecule has 0 radical (unpaired) electrons. The van der Waals surface area contributed by atoms with Crippen LogP contribution in [0.4, 0.5) is 5.69 Å². The topological polar surface area (TPSA) is 75.3 Å². The Morgan fingerprint density at radius 3 is 2.81 bits per heavy atom. The van der Waals surface area contributed by atoms with E-state index in [-0.39, 0.29) is 23.7 Å². The van der Waals surface area contributed by atoms with E-state index >= 15 is 0 Å². The fourth-order valence-electron chi connectivity index (χ4n) is 4.92. The number of pyridine rings is 1. The van der Waals surface area contributed by atoms with Gasteiger partial charge < -0.3 is 15.3 Å². The van der Waals surface area contributed by atoms with Gasteiger partial charge in [0.05, 0.1) is 29.7 Å². The first-order valence-electron chi connectivity index (χ1n) is 10.2. The van der Waals surface area contributed by atoms with Gasteiger partial charge in [-0.25, -0.2) is 9.36 Å². The first-order chi connectivity index (χ1) is 15.1. The lowest BCUT2D eigenvalue weighted by Crippen LogP contribution is -2.39. The largest absolute Gasteiger partial charge is 0.493 e. The average Bonchev–Trinajstić information content (AvgIpc) is 3.46. The van der Waals surface area contributed by atoms with E-state index in [9.17, 15) is 9.90 Å². The summed E-state index contributed by atoms with van der Waals surface area (Å²) in [5.74, 6) is -0.0114. The van der Waals surface area contributed by atoms with Gasteiger partial charge in [0.25, 0.3) is 0 Å². The predicted molar refractivity (Wildman–Crippen MR) is 123 cm³/mol. The van der Waals surface area contributed by atoms with Crippen molar-refractivity contribution in [2.45, 2.75) is 18.5 Å². The summed E-state index contributed by atoms with van der Waals surface area (Å²) in [4.78, 5) is 19.5. The highest BCUT2D eigenvalue weighted by Crippen LogP contribution is 2.49. The quantitative estimate of drug-likeness (QED) is 0.475. The second kappa shape index (κ2) is 6.68. The number of hydrogen-bond donors (Lipinski definition) is 2. The Balaban J connectivity index is 1.42. The second-order valence-corrected chi connectivity index (χ2v) is 8.31. The van der Waals surface area contributed by atoms with Crippen molar-refractivity contribution in [3.8, 4) is 11.6 Å². The van der Waals surface area contributed by atoms with Crippen LogP contribution < -0.4 is 11.0 Å². The maximum absolute atomic E-state index is 13.4. The second-order valence-electron chi connectivity index (χ2n) is 7.92. The van der Waals surface area contributed by atoms with Crippen LogP contribution in [0, 0.1) is 0 Å². The lowest BCUT2D eigenvalue weighted by atomic mass is 10.1. The third-order valence-electron chi connectivity index (χ3n) is 6.24. The first kappa shape index (κ1) is 18.1. The summed E-state index contributed by atoms with van der Waals surface area (Å²) < 4.78 is 3.17. The Morgan fingerprint density at radius 2 is 1.97 bits per heavy atom. The molecule has 2 bridgehead atoms. The van der Waals surface area contributed by atoms with Crippen LogP contribution in [0.15, 0.2) is 71.8 Å². The standard InChI is InChI=1S/C23H19N5O2S/c29-21-20-19-11-16(13-26(19)22(31)25-15-7-4-10-24-12-15)27(20)23(30)28(21)18-9-3-6-14-5-1-2-8-17(14)18/h1-10,12,16,19,29H,11,13H2,(H,25,31). The highest BCUT2D eigenvalue weighted by atomic mass is 32.1. The number of imidazole rings is 1. The number of fused-ring (bicyclic) bond motifs is 6. The zero-order chi connectivity index (χ0) is 21.1. The summed E-state index contributed by atoms with van der Waals surface area (Å²) in [6.45, 7) is 0.628. The molecule has 2 atom stereocenters. The number of nitrogens with one attached hydrogen (secondary N) is 1. The zero-order valence-electron chi connectivity index (χ0n) is 16.5.